The first kappa shape index (κ1) is 23.1. The van der Waals surface area contributed by atoms with Crippen molar-refractivity contribution in [1.29, 1.82) is 0 Å². The highest BCUT2D eigenvalue weighted by atomic mass is 19.3. The third kappa shape index (κ3) is 4.51. The number of hydrogen-bond acceptors (Lipinski definition) is 8. The number of nitrogens with one attached hydrogen (secondary N) is 2. The van der Waals surface area contributed by atoms with Crippen LogP contribution in [0.5, 0.6) is 0 Å². The zero-order chi connectivity index (χ0) is 23.7. The summed E-state index contributed by atoms with van der Waals surface area (Å²) in [5.74, 6) is 0.612. The maximum Gasteiger partial charge on any atom is 0.296 e. The Balaban J connectivity index is 1.51. The zero-order valence-corrected chi connectivity index (χ0v) is 19.6. The van der Waals surface area contributed by atoms with E-state index in [1.165, 1.54) is 4.57 Å². The summed E-state index contributed by atoms with van der Waals surface area (Å²) in [7, 11) is 3.85. The van der Waals surface area contributed by atoms with E-state index >= 15 is 0 Å². The van der Waals surface area contributed by atoms with Crippen LogP contribution < -0.4 is 10.6 Å². The van der Waals surface area contributed by atoms with Gasteiger partial charge in [0.25, 0.3) is 6.43 Å². The second kappa shape index (κ2) is 9.93. The van der Waals surface area contributed by atoms with E-state index < -0.39 is 12.7 Å². The molecular weight excluding hydrogens is 442 g/mol. The molecule has 34 heavy (non-hydrogen) atoms. The summed E-state index contributed by atoms with van der Waals surface area (Å²) in [6.07, 6.45) is 1.08. The van der Waals surface area contributed by atoms with Gasteiger partial charge in [0.05, 0.1) is 24.2 Å². The third-order valence-corrected chi connectivity index (χ3v) is 6.92. The summed E-state index contributed by atoms with van der Waals surface area (Å²) in [5, 5.41) is 7.02. The van der Waals surface area contributed by atoms with Crippen LogP contribution in [0.25, 0.3) is 11.0 Å². The number of nitrogens with zero attached hydrogens (tertiary/aromatic N) is 6. The monoisotopic (exact) mass is 474 g/mol. The predicted molar refractivity (Wildman–Crippen MR) is 127 cm³/mol. The summed E-state index contributed by atoms with van der Waals surface area (Å²) < 4.78 is 35.2. The summed E-state index contributed by atoms with van der Waals surface area (Å²) >= 11 is 0. The molecule has 184 valence electrons. The Hall–Kier alpha value is -2.63. The fourth-order valence-electron chi connectivity index (χ4n) is 4.94. The maximum absolute atomic E-state index is 14.1. The van der Waals surface area contributed by atoms with Crippen molar-refractivity contribution in [1.82, 2.24) is 30.0 Å². The smallest absolute Gasteiger partial charge is 0.296 e. The molecule has 1 unspecified atom stereocenters. The standard InChI is InChI=1S/C23H32F2N8O/c1-26-15-7-9-16(10-8-15)27-21-29-22(32-11-13-34-14-12-32)30-23(31(21)2)33-18-6-4-3-5-17(18)28-20(33)19(24)25/h3-6,15-16,19,21,26-27H,7-14H2,1-2H3. The molecule has 0 radical (unpaired) electrons. The minimum atomic E-state index is -2.74. The van der Waals surface area contributed by atoms with Crippen LogP contribution in [0.1, 0.15) is 37.9 Å². The van der Waals surface area contributed by atoms with Gasteiger partial charge in [-0.1, -0.05) is 12.1 Å². The molecular formula is C23H32F2N8O. The molecule has 1 saturated carbocycles. The molecule has 11 heteroatoms. The average Bonchev–Trinajstić information content (AvgIpc) is 3.26. The number of alkyl halides is 2. The van der Waals surface area contributed by atoms with Gasteiger partial charge in [-0.3, -0.25) is 9.88 Å². The van der Waals surface area contributed by atoms with E-state index in [1.54, 1.807) is 18.2 Å². The van der Waals surface area contributed by atoms with Gasteiger partial charge >= 0.3 is 0 Å². The highest BCUT2D eigenvalue weighted by Gasteiger charge is 2.33. The average molecular weight is 475 g/mol. The first-order chi connectivity index (χ1) is 16.5. The Kier molecular flexibility index (Phi) is 6.75. The summed E-state index contributed by atoms with van der Waals surface area (Å²) in [5.41, 5.74) is 1.11. The van der Waals surface area contributed by atoms with Crippen molar-refractivity contribution in [3.63, 3.8) is 0 Å². The lowest BCUT2D eigenvalue weighted by Crippen LogP contribution is -2.56. The second-order valence-corrected chi connectivity index (χ2v) is 9.02. The molecule has 2 fully saturated rings. The number of halogens is 2. The number of ether oxygens (including phenoxy) is 1. The molecule has 5 rings (SSSR count). The molecule has 2 aliphatic heterocycles. The van der Waals surface area contributed by atoms with Crippen molar-refractivity contribution in [2.75, 3.05) is 40.4 Å². The summed E-state index contributed by atoms with van der Waals surface area (Å²) in [6.45, 7) is 2.49. The Morgan fingerprint density at radius 1 is 1.06 bits per heavy atom. The van der Waals surface area contributed by atoms with Crippen molar-refractivity contribution >= 4 is 23.0 Å². The lowest BCUT2D eigenvalue weighted by Gasteiger charge is -2.39. The minimum Gasteiger partial charge on any atom is -0.378 e. The van der Waals surface area contributed by atoms with Gasteiger partial charge in [0, 0.05) is 32.2 Å². The van der Waals surface area contributed by atoms with E-state index in [4.69, 9.17) is 14.7 Å². The zero-order valence-electron chi connectivity index (χ0n) is 19.6. The van der Waals surface area contributed by atoms with Gasteiger partial charge in [0.1, 0.15) is 0 Å². The third-order valence-electron chi connectivity index (χ3n) is 6.92. The summed E-state index contributed by atoms with van der Waals surface area (Å²) in [6, 6.07) is 8.00. The molecule has 0 spiro atoms. The van der Waals surface area contributed by atoms with E-state index in [2.05, 4.69) is 20.5 Å². The van der Waals surface area contributed by atoms with Gasteiger partial charge in [-0.15, -0.1) is 0 Å². The summed E-state index contributed by atoms with van der Waals surface area (Å²) in [4.78, 5) is 17.8. The number of hydrogen-bond donors (Lipinski definition) is 2. The molecule has 1 aromatic heterocycles. The number of fused-ring (bicyclic) bond motifs is 1. The van der Waals surface area contributed by atoms with Crippen molar-refractivity contribution in [3.05, 3.63) is 30.1 Å². The second-order valence-electron chi connectivity index (χ2n) is 9.02. The molecule has 0 amide bonds. The van der Waals surface area contributed by atoms with Gasteiger partial charge in [0.2, 0.25) is 11.9 Å². The van der Waals surface area contributed by atoms with Gasteiger partial charge < -0.3 is 19.9 Å². The molecule has 2 N–H and O–H groups in total. The van der Waals surface area contributed by atoms with E-state index in [0.29, 0.717) is 61.3 Å². The Bertz CT molecular complexity index is 1060. The van der Waals surface area contributed by atoms with Crippen LogP contribution in [-0.2, 0) is 4.74 Å². The molecule has 1 atom stereocenters. The van der Waals surface area contributed by atoms with E-state index in [9.17, 15) is 8.78 Å². The largest absolute Gasteiger partial charge is 0.378 e. The number of guanidine groups is 1. The van der Waals surface area contributed by atoms with Crippen LogP contribution in [-0.4, -0.2) is 90.0 Å². The van der Waals surface area contributed by atoms with Crippen LogP contribution in [0.2, 0.25) is 0 Å². The topological polar surface area (TPSA) is 82.3 Å². The number of rotatable bonds is 4. The van der Waals surface area contributed by atoms with Crippen LogP contribution in [0.15, 0.2) is 34.3 Å². The molecule has 3 aliphatic rings. The Labute approximate surface area is 197 Å². The van der Waals surface area contributed by atoms with Gasteiger partial charge in [-0.2, -0.15) is 4.99 Å². The molecule has 0 bridgehead atoms. The lowest BCUT2D eigenvalue weighted by molar-refractivity contribution is 0.0665. The molecule has 3 heterocycles. The highest BCUT2D eigenvalue weighted by Crippen LogP contribution is 2.27. The molecule has 2 aromatic rings. The molecule has 9 nitrogen and oxygen atoms in total. The first-order valence-corrected chi connectivity index (χ1v) is 12.0. The van der Waals surface area contributed by atoms with Crippen molar-refractivity contribution in [3.8, 4) is 0 Å². The SMILES string of the molecule is CNC1CCC(NC2N=C(N3CCOCC3)N=C(n3c(C(F)F)nc4ccccc43)N2C)CC1. The van der Waals surface area contributed by atoms with E-state index in [1.807, 2.05) is 25.1 Å². The van der Waals surface area contributed by atoms with Crippen LogP contribution in [0.3, 0.4) is 0 Å². The fraction of sp³-hybridized carbons (Fsp3) is 0.609. The van der Waals surface area contributed by atoms with Crippen molar-refractivity contribution in [2.24, 2.45) is 9.98 Å². The minimum absolute atomic E-state index is 0.292. The van der Waals surface area contributed by atoms with E-state index in [0.717, 1.165) is 25.7 Å². The number of aromatic nitrogens is 2. The number of para-hydroxylation sites is 2. The number of aliphatic imine (C=N–C) groups is 2. The molecule has 1 aromatic carbocycles. The number of imidazole rings is 1. The maximum atomic E-state index is 14.1. The fourth-order valence-corrected chi connectivity index (χ4v) is 4.94. The Morgan fingerprint density at radius 3 is 2.47 bits per heavy atom. The van der Waals surface area contributed by atoms with Crippen molar-refractivity contribution < 1.29 is 13.5 Å². The van der Waals surface area contributed by atoms with Gasteiger partial charge in [0.15, 0.2) is 12.1 Å². The van der Waals surface area contributed by atoms with Gasteiger partial charge in [-0.25, -0.2) is 18.8 Å². The van der Waals surface area contributed by atoms with Gasteiger partial charge in [-0.05, 0) is 44.9 Å². The highest BCUT2D eigenvalue weighted by molar-refractivity contribution is 6.01. The quantitative estimate of drug-likeness (QED) is 0.707. The lowest BCUT2D eigenvalue weighted by atomic mass is 9.91. The first-order valence-electron chi connectivity index (χ1n) is 12.0. The van der Waals surface area contributed by atoms with Crippen LogP contribution >= 0.6 is 0 Å². The molecule has 1 aliphatic carbocycles. The van der Waals surface area contributed by atoms with Crippen molar-refractivity contribution in [2.45, 2.75) is 50.5 Å². The number of benzene rings is 1. The van der Waals surface area contributed by atoms with E-state index in [-0.39, 0.29) is 5.82 Å². The number of morpholine rings is 1. The van der Waals surface area contributed by atoms with Crippen LogP contribution in [0.4, 0.5) is 8.78 Å². The normalized spacial score (nSPS) is 26.2. The molecule has 1 saturated heterocycles. The van der Waals surface area contributed by atoms with Crippen LogP contribution in [0, 0.1) is 0 Å². The predicted octanol–water partition coefficient (Wildman–Crippen LogP) is 2.22. The Morgan fingerprint density at radius 2 is 1.76 bits per heavy atom.